The Bertz CT molecular complexity index is 554. The van der Waals surface area contributed by atoms with Crippen LogP contribution in [0.5, 0.6) is 0 Å². The van der Waals surface area contributed by atoms with Gasteiger partial charge in [0, 0.05) is 5.69 Å². The van der Waals surface area contributed by atoms with Crippen LogP contribution in [0.2, 0.25) is 0 Å². The monoisotopic (exact) mass is 272 g/mol. The third kappa shape index (κ3) is 3.21. The first-order valence-corrected chi connectivity index (χ1v) is 6.72. The Labute approximate surface area is 106 Å². The van der Waals surface area contributed by atoms with Gasteiger partial charge < -0.3 is 10.5 Å². The number of hydrogen-bond donors (Lipinski definition) is 2. The Morgan fingerprint density at radius 1 is 1.44 bits per heavy atom. The summed E-state index contributed by atoms with van der Waals surface area (Å²) >= 11 is 0. The number of rotatable bonds is 4. The number of ether oxygens (including phenoxy) is 1. The minimum Gasteiger partial charge on any atom is -0.468 e. The van der Waals surface area contributed by atoms with E-state index < -0.39 is 22.0 Å². The van der Waals surface area contributed by atoms with Gasteiger partial charge in [-0.3, -0.25) is 4.79 Å². The van der Waals surface area contributed by atoms with Gasteiger partial charge in [-0.2, -0.15) is 4.72 Å². The maximum Gasteiger partial charge on any atom is 0.323 e. The molecule has 0 radical (unpaired) electrons. The fourth-order valence-corrected chi connectivity index (χ4v) is 2.62. The van der Waals surface area contributed by atoms with Crippen molar-refractivity contribution in [1.29, 1.82) is 0 Å². The molecule has 0 bridgehead atoms. The number of carbonyl (C=O) groups is 1. The van der Waals surface area contributed by atoms with Crippen LogP contribution in [0, 0.1) is 6.92 Å². The molecule has 1 aromatic carbocycles. The molecule has 0 aromatic heterocycles. The molecule has 0 spiro atoms. The molecule has 0 saturated carbocycles. The number of carbonyl (C=O) groups excluding carboxylic acids is 1. The van der Waals surface area contributed by atoms with Crippen molar-refractivity contribution in [2.24, 2.45) is 0 Å². The third-order valence-corrected chi connectivity index (χ3v) is 3.98. The Morgan fingerprint density at radius 3 is 2.56 bits per heavy atom. The maximum absolute atomic E-state index is 12.0. The van der Waals surface area contributed by atoms with Crippen molar-refractivity contribution in [3.05, 3.63) is 23.8 Å². The molecule has 0 aliphatic carbocycles. The molecule has 0 heterocycles. The molecule has 0 aliphatic heterocycles. The van der Waals surface area contributed by atoms with Crippen molar-refractivity contribution >= 4 is 21.7 Å². The van der Waals surface area contributed by atoms with Gasteiger partial charge in [0.05, 0.1) is 12.0 Å². The molecule has 0 amide bonds. The third-order valence-electron chi connectivity index (χ3n) is 2.44. The zero-order chi connectivity index (χ0) is 13.9. The van der Waals surface area contributed by atoms with Crippen LogP contribution in [0.25, 0.3) is 0 Å². The van der Waals surface area contributed by atoms with E-state index in [1.165, 1.54) is 32.2 Å². The standard InChI is InChI=1S/C11H16N2O4S/c1-7-6-9(4-5-10(7)12)18(15,16)13-8(2)11(14)17-3/h4-6,8,13H,12H2,1-3H3. The molecule has 1 unspecified atom stereocenters. The van der Waals surface area contributed by atoms with Crippen LogP contribution in [0.4, 0.5) is 5.69 Å². The minimum absolute atomic E-state index is 0.0601. The number of aryl methyl sites for hydroxylation is 1. The first-order chi connectivity index (χ1) is 8.27. The number of nitrogen functional groups attached to an aromatic ring is 1. The van der Waals surface area contributed by atoms with E-state index in [1.807, 2.05) is 0 Å². The van der Waals surface area contributed by atoms with Gasteiger partial charge in [-0.25, -0.2) is 8.42 Å². The zero-order valence-electron chi connectivity index (χ0n) is 10.4. The van der Waals surface area contributed by atoms with Gasteiger partial charge in [0.15, 0.2) is 0 Å². The van der Waals surface area contributed by atoms with Crippen molar-refractivity contribution in [1.82, 2.24) is 4.72 Å². The summed E-state index contributed by atoms with van der Waals surface area (Å²) in [6.07, 6.45) is 0. The molecule has 1 rings (SSSR count). The molecular formula is C11H16N2O4S. The van der Waals surface area contributed by atoms with Crippen molar-refractivity contribution in [3.63, 3.8) is 0 Å². The average molecular weight is 272 g/mol. The Hall–Kier alpha value is -1.60. The van der Waals surface area contributed by atoms with E-state index in [0.717, 1.165) is 0 Å². The summed E-state index contributed by atoms with van der Waals surface area (Å²) in [4.78, 5) is 11.2. The second kappa shape index (κ2) is 5.36. The van der Waals surface area contributed by atoms with E-state index in [4.69, 9.17) is 5.73 Å². The van der Waals surface area contributed by atoms with Crippen LogP contribution in [-0.4, -0.2) is 27.5 Å². The van der Waals surface area contributed by atoms with Crippen LogP contribution in [0.1, 0.15) is 12.5 Å². The number of methoxy groups -OCH3 is 1. The predicted octanol–water partition coefficient (Wildman–Crippen LogP) is 0.417. The lowest BCUT2D eigenvalue weighted by Crippen LogP contribution is -2.39. The van der Waals surface area contributed by atoms with E-state index in [9.17, 15) is 13.2 Å². The van der Waals surface area contributed by atoms with Crippen LogP contribution in [0.15, 0.2) is 23.1 Å². The quantitative estimate of drug-likeness (QED) is 0.611. The molecule has 0 fully saturated rings. The summed E-state index contributed by atoms with van der Waals surface area (Å²) in [5, 5.41) is 0. The van der Waals surface area contributed by atoms with E-state index >= 15 is 0 Å². The summed E-state index contributed by atoms with van der Waals surface area (Å²) in [7, 11) is -2.57. The van der Waals surface area contributed by atoms with E-state index in [2.05, 4.69) is 9.46 Å². The highest BCUT2D eigenvalue weighted by atomic mass is 32.2. The van der Waals surface area contributed by atoms with Gasteiger partial charge in [-0.05, 0) is 37.6 Å². The van der Waals surface area contributed by atoms with Crippen LogP contribution >= 0.6 is 0 Å². The lowest BCUT2D eigenvalue weighted by molar-refractivity contribution is -0.142. The smallest absolute Gasteiger partial charge is 0.323 e. The topological polar surface area (TPSA) is 98.5 Å². The van der Waals surface area contributed by atoms with Gasteiger partial charge in [0.2, 0.25) is 10.0 Å². The number of benzene rings is 1. The summed E-state index contributed by atoms with van der Waals surface area (Å²) in [5.41, 5.74) is 6.78. The minimum atomic E-state index is -3.76. The average Bonchev–Trinajstić information content (AvgIpc) is 2.30. The maximum atomic E-state index is 12.0. The van der Waals surface area contributed by atoms with Gasteiger partial charge in [-0.15, -0.1) is 0 Å². The number of sulfonamides is 1. The van der Waals surface area contributed by atoms with E-state index in [0.29, 0.717) is 11.3 Å². The van der Waals surface area contributed by atoms with E-state index in [-0.39, 0.29) is 4.90 Å². The summed E-state index contributed by atoms with van der Waals surface area (Å²) in [6, 6.07) is 3.39. The van der Waals surface area contributed by atoms with Crippen molar-refractivity contribution in [2.45, 2.75) is 24.8 Å². The van der Waals surface area contributed by atoms with Gasteiger partial charge in [-0.1, -0.05) is 0 Å². The highest BCUT2D eigenvalue weighted by Gasteiger charge is 2.22. The number of nitrogens with one attached hydrogen (secondary N) is 1. The first-order valence-electron chi connectivity index (χ1n) is 5.24. The molecular weight excluding hydrogens is 256 g/mol. The van der Waals surface area contributed by atoms with Crippen LogP contribution in [0.3, 0.4) is 0 Å². The van der Waals surface area contributed by atoms with E-state index in [1.54, 1.807) is 6.92 Å². The van der Waals surface area contributed by atoms with Gasteiger partial charge in [0.25, 0.3) is 0 Å². The molecule has 1 atom stereocenters. The summed E-state index contributed by atoms with van der Waals surface area (Å²) in [5.74, 6) is -0.647. The van der Waals surface area contributed by atoms with Gasteiger partial charge >= 0.3 is 5.97 Å². The number of hydrogen-bond acceptors (Lipinski definition) is 5. The highest BCUT2D eigenvalue weighted by Crippen LogP contribution is 2.17. The molecule has 1 aromatic rings. The summed E-state index contributed by atoms with van der Waals surface area (Å²) < 4.78 is 30.6. The van der Waals surface area contributed by atoms with Crippen LogP contribution < -0.4 is 10.5 Å². The molecule has 0 aliphatic rings. The fraction of sp³-hybridized carbons (Fsp3) is 0.364. The number of nitrogens with two attached hydrogens (primary N) is 1. The second-order valence-electron chi connectivity index (χ2n) is 3.88. The molecule has 3 N–H and O–H groups in total. The SMILES string of the molecule is COC(=O)C(C)NS(=O)(=O)c1ccc(N)c(C)c1. The lowest BCUT2D eigenvalue weighted by atomic mass is 10.2. The predicted molar refractivity (Wildman–Crippen MR) is 67.4 cm³/mol. The molecule has 6 nitrogen and oxygen atoms in total. The molecule has 100 valence electrons. The van der Waals surface area contributed by atoms with Gasteiger partial charge in [0.1, 0.15) is 6.04 Å². The Kier molecular flexibility index (Phi) is 4.31. The Morgan fingerprint density at radius 2 is 2.06 bits per heavy atom. The fourth-order valence-electron chi connectivity index (χ4n) is 1.34. The lowest BCUT2D eigenvalue weighted by Gasteiger charge is -2.12. The molecule has 18 heavy (non-hydrogen) atoms. The normalized spacial score (nSPS) is 13.1. The van der Waals surface area contributed by atoms with Crippen LogP contribution in [-0.2, 0) is 19.6 Å². The van der Waals surface area contributed by atoms with Crippen molar-refractivity contribution in [3.8, 4) is 0 Å². The molecule has 7 heteroatoms. The van der Waals surface area contributed by atoms with Crippen molar-refractivity contribution in [2.75, 3.05) is 12.8 Å². The summed E-state index contributed by atoms with van der Waals surface area (Å²) in [6.45, 7) is 3.12. The number of esters is 1. The molecule has 0 saturated heterocycles. The first kappa shape index (κ1) is 14.5. The largest absolute Gasteiger partial charge is 0.468 e. The second-order valence-corrected chi connectivity index (χ2v) is 5.60. The highest BCUT2D eigenvalue weighted by molar-refractivity contribution is 7.89. The number of anilines is 1. The van der Waals surface area contributed by atoms with Crippen molar-refractivity contribution < 1.29 is 17.9 Å². The zero-order valence-corrected chi connectivity index (χ0v) is 11.2. The Balaban J connectivity index is 3.00.